The summed E-state index contributed by atoms with van der Waals surface area (Å²) in [7, 11) is 6.37. The fourth-order valence-electron chi connectivity index (χ4n) is 2.48. The van der Waals surface area contributed by atoms with Gasteiger partial charge >= 0.3 is 0 Å². The SMILES string of the molecule is COc1cc(OC)cc(C(C)(C)C#N)c1.COc1cc(OC)cc(C(C)(C)C=O)c1. The summed E-state index contributed by atoms with van der Waals surface area (Å²) in [6, 6.07) is 13.2. The van der Waals surface area contributed by atoms with E-state index in [2.05, 4.69) is 6.07 Å². The Balaban J connectivity index is 0.000000300. The lowest BCUT2D eigenvalue weighted by Crippen LogP contribution is -2.18. The molecule has 0 radical (unpaired) electrons. The second-order valence-electron chi connectivity index (χ2n) is 7.78. The fourth-order valence-corrected chi connectivity index (χ4v) is 2.48. The Kier molecular flexibility index (Phi) is 8.73. The van der Waals surface area contributed by atoms with Crippen molar-refractivity contribution >= 4 is 6.29 Å². The average molecular weight is 414 g/mol. The number of aldehydes is 1. The average Bonchev–Trinajstić information content (AvgIpc) is 2.78. The molecule has 0 aliphatic rings. The van der Waals surface area contributed by atoms with Crippen molar-refractivity contribution in [2.75, 3.05) is 28.4 Å². The zero-order valence-corrected chi connectivity index (χ0v) is 19.0. The molecule has 0 saturated heterocycles. The van der Waals surface area contributed by atoms with Gasteiger partial charge in [0.15, 0.2) is 0 Å². The molecule has 0 spiro atoms. The molecule has 0 amide bonds. The molecule has 162 valence electrons. The van der Waals surface area contributed by atoms with Crippen LogP contribution in [-0.4, -0.2) is 34.7 Å². The van der Waals surface area contributed by atoms with Gasteiger partial charge in [-0.05, 0) is 63.1 Å². The van der Waals surface area contributed by atoms with E-state index in [9.17, 15) is 4.79 Å². The summed E-state index contributed by atoms with van der Waals surface area (Å²) < 4.78 is 20.6. The lowest BCUT2D eigenvalue weighted by atomic mass is 9.86. The summed E-state index contributed by atoms with van der Waals surface area (Å²) in [6.45, 7) is 7.44. The van der Waals surface area contributed by atoms with Crippen LogP contribution < -0.4 is 18.9 Å². The molecule has 0 aliphatic carbocycles. The number of ether oxygens (including phenoxy) is 4. The number of rotatable bonds is 7. The van der Waals surface area contributed by atoms with Gasteiger partial charge in [0.1, 0.15) is 29.3 Å². The van der Waals surface area contributed by atoms with Gasteiger partial charge in [-0.3, -0.25) is 0 Å². The van der Waals surface area contributed by atoms with E-state index in [0.717, 1.165) is 17.4 Å². The van der Waals surface area contributed by atoms with Crippen molar-refractivity contribution in [3.8, 4) is 29.1 Å². The second kappa shape index (κ2) is 10.5. The van der Waals surface area contributed by atoms with Gasteiger partial charge in [0.2, 0.25) is 0 Å². The summed E-state index contributed by atoms with van der Waals surface area (Å²) in [5.41, 5.74) is 0.707. The van der Waals surface area contributed by atoms with Crippen molar-refractivity contribution in [3.63, 3.8) is 0 Å². The van der Waals surface area contributed by atoms with Crippen LogP contribution in [0.4, 0.5) is 0 Å². The van der Waals surface area contributed by atoms with Crippen LogP contribution in [0.2, 0.25) is 0 Å². The number of carbonyl (C=O) groups excluding carboxylic acids is 1. The minimum atomic E-state index is -0.540. The van der Waals surface area contributed by atoms with Crippen LogP contribution in [0.15, 0.2) is 36.4 Å². The molecule has 0 unspecified atom stereocenters. The highest BCUT2D eigenvalue weighted by Gasteiger charge is 2.22. The maximum Gasteiger partial charge on any atom is 0.129 e. The van der Waals surface area contributed by atoms with Crippen LogP contribution in [0.3, 0.4) is 0 Å². The number of methoxy groups -OCH3 is 4. The lowest BCUT2D eigenvalue weighted by molar-refractivity contribution is -0.111. The number of benzene rings is 2. The van der Waals surface area contributed by atoms with Gasteiger partial charge in [0.05, 0.1) is 39.9 Å². The first kappa shape index (κ1) is 24.8. The van der Waals surface area contributed by atoms with Crippen molar-refractivity contribution in [3.05, 3.63) is 47.5 Å². The van der Waals surface area contributed by atoms with E-state index >= 15 is 0 Å². The van der Waals surface area contributed by atoms with E-state index in [0.29, 0.717) is 23.0 Å². The highest BCUT2D eigenvalue weighted by atomic mass is 16.5. The largest absolute Gasteiger partial charge is 0.497 e. The molecule has 0 saturated carbocycles. The van der Waals surface area contributed by atoms with Crippen LogP contribution in [0.25, 0.3) is 0 Å². The summed E-state index contributed by atoms with van der Waals surface area (Å²) in [6.07, 6.45) is 0.918. The highest BCUT2D eigenvalue weighted by Crippen LogP contribution is 2.31. The smallest absolute Gasteiger partial charge is 0.129 e. The lowest BCUT2D eigenvalue weighted by Gasteiger charge is -2.19. The van der Waals surface area contributed by atoms with Crippen molar-refractivity contribution < 1.29 is 23.7 Å². The van der Waals surface area contributed by atoms with Crippen LogP contribution in [-0.2, 0) is 15.6 Å². The summed E-state index contributed by atoms with van der Waals surface area (Å²) in [4.78, 5) is 10.9. The van der Waals surface area contributed by atoms with Crippen molar-refractivity contribution in [2.45, 2.75) is 38.5 Å². The topological polar surface area (TPSA) is 77.8 Å². The third kappa shape index (κ3) is 6.41. The number of hydrogen-bond acceptors (Lipinski definition) is 6. The Morgan fingerprint density at radius 3 is 1.30 bits per heavy atom. The Morgan fingerprint density at radius 1 is 0.700 bits per heavy atom. The second-order valence-corrected chi connectivity index (χ2v) is 7.78. The van der Waals surface area contributed by atoms with Gasteiger partial charge < -0.3 is 23.7 Å². The van der Waals surface area contributed by atoms with Crippen LogP contribution >= 0.6 is 0 Å². The minimum Gasteiger partial charge on any atom is -0.497 e. The van der Waals surface area contributed by atoms with E-state index < -0.39 is 10.8 Å². The normalized spacial score (nSPS) is 10.8. The molecule has 0 heterocycles. The standard InChI is InChI=1S/C12H15NO2.C12H16O3/c2*1-12(2,8-13)9-5-10(14-3)7-11(6-9)15-4/h5-7H,1-4H3;5-8H,1-4H3. The fraction of sp³-hybridized carbons (Fsp3) is 0.417. The molecule has 0 bridgehead atoms. The Labute approximate surface area is 179 Å². The van der Waals surface area contributed by atoms with E-state index in [-0.39, 0.29) is 0 Å². The number of nitrogens with zero attached hydrogens (tertiary/aromatic N) is 1. The first-order valence-corrected chi connectivity index (χ1v) is 9.41. The van der Waals surface area contributed by atoms with Crippen LogP contribution in [0.5, 0.6) is 23.0 Å². The predicted octanol–water partition coefficient (Wildman–Crippen LogP) is 4.69. The van der Waals surface area contributed by atoms with Crippen molar-refractivity contribution in [1.82, 2.24) is 0 Å². The third-order valence-corrected chi connectivity index (χ3v) is 4.74. The summed E-state index contributed by atoms with van der Waals surface area (Å²) in [5, 5.41) is 9.04. The van der Waals surface area contributed by atoms with Crippen molar-refractivity contribution in [2.24, 2.45) is 0 Å². The van der Waals surface area contributed by atoms with Crippen molar-refractivity contribution in [1.29, 1.82) is 5.26 Å². The molecule has 0 atom stereocenters. The van der Waals surface area contributed by atoms with Gasteiger partial charge in [-0.15, -0.1) is 0 Å². The molecule has 2 aromatic rings. The van der Waals surface area contributed by atoms with Crippen LogP contribution in [0, 0.1) is 11.3 Å². The monoisotopic (exact) mass is 413 g/mol. The Hall–Kier alpha value is -3.20. The first-order valence-electron chi connectivity index (χ1n) is 9.41. The highest BCUT2D eigenvalue weighted by molar-refractivity contribution is 5.68. The molecule has 0 fully saturated rings. The molecule has 2 aromatic carbocycles. The molecule has 6 nitrogen and oxygen atoms in total. The Morgan fingerprint density at radius 2 is 1.03 bits per heavy atom. The molecule has 0 N–H and O–H groups in total. The minimum absolute atomic E-state index is 0.526. The summed E-state index contributed by atoms with van der Waals surface area (Å²) >= 11 is 0. The van der Waals surface area contributed by atoms with E-state index in [1.54, 1.807) is 40.6 Å². The van der Waals surface area contributed by atoms with Gasteiger partial charge in [0.25, 0.3) is 0 Å². The maximum atomic E-state index is 10.9. The number of carbonyl (C=O) groups is 1. The quantitative estimate of drug-likeness (QED) is 0.613. The van der Waals surface area contributed by atoms with Gasteiger partial charge in [0, 0.05) is 17.5 Å². The van der Waals surface area contributed by atoms with Gasteiger partial charge in [-0.2, -0.15) is 5.26 Å². The molecule has 6 heteroatoms. The maximum absolute atomic E-state index is 10.9. The summed E-state index contributed by atoms with van der Waals surface area (Å²) in [5.74, 6) is 2.79. The molecule has 2 rings (SSSR count). The molecule has 30 heavy (non-hydrogen) atoms. The third-order valence-electron chi connectivity index (χ3n) is 4.74. The zero-order valence-electron chi connectivity index (χ0n) is 19.0. The molecular formula is C24H31NO5. The Bertz CT molecular complexity index is 852. The van der Waals surface area contributed by atoms with Crippen LogP contribution in [0.1, 0.15) is 38.8 Å². The van der Waals surface area contributed by atoms with Gasteiger partial charge in [-0.1, -0.05) is 0 Å². The molecular weight excluding hydrogens is 382 g/mol. The number of hydrogen-bond donors (Lipinski definition) is 0. The number of nitriles is 1. The predicted molar refractivity (Wildman–Crippen MR) is 117 cm³/mol. The van der Waals surface area contributed by atoms with E-state index in [1.165, 1.54) is 0 Å². The van der Waals surface area contributed by atoms with E-state index in [1.807, 2.05) is 52.0 Å². The van der Waals surface area contributed by atoms with Gasteiger partial charge in [-0.25, -0.2) is 0 Å². The molecule has 0 aliphatic heterocycles. The first-order chi connectivity index (χ1) is 14.1. The molecule has 0 aromatic heterocycles. The van der Waals surface area contributed by atoms with E-state index in [4.69, 9.17) is 24.2 Å². The zero-order chi connectivity index (χ0) is 22.9.